The summed E-state index contributed by atoms with van der Waals surface area (Å²) in [6, 6.07) is 8.10. The van der Waals surface area contributed by atoms with Gasteiger partial charge in [0.1, 0.15) is 0 Å². The van der Waals surface area contributed by atoms with E-state index in [0.29, 0.717) is 11.7 Å². The molecule has 3 rings (SSSR count). The lowest BCUT2D eigenvalue weighted by molar-refractivity contribution is -0.135. The van der Waals surface area contributed by atoms with Crippen molar-refractivity contribution in [1.82, 2.24) is 15.0 Å². The highest BCUT2D eigenvalue weighted by Crippen LogP contribution is 2.29. The van der Waals surface area contributed by atoms with Crippen molar-refractivity contribution in [3.8, 4) is 11.4 Å². The van der Waals surface area contributed by atoms with Crippen LogP contribution in [-0.4, -0.2) is 48.1 Å². The zero-order valence-corrected chi connectivity index (χ0v) is 15.4. The van der Waals surface area contributed by atoms with Crippen molar-refractivity contribution in [3.05, 3.63) is 30.2 Å². The molecular formula is C19H26N4O2. The number of hydrogen-bond acceptors (Lipinski definition) is 5. The van der Waals surface area contributed by atoms with Crippen LogP contribution in [0, 0.1) is 5.92 Å². The van der Waals surface area contributed by atoms with Gasteiger partial charge in [0, 0.05) is 50.3 Å². The largest absolute Gasteiger partial charge is 0.378 e. The van der Waals surface area contributed by atoms with Crippen LogP contribution in [0.25, 0.3) is 11.4 Å². The van der Waals surface area contributed by atoms with Gasteiger partial charge < -0.3 is 14.3 Å². The second-order valence-electron chi connectivity index (χ2n) is 7.15. The van der Waals surface area contributed by atoms with E-state index in [2.05, 4.69) is 15.0 Å². The minimum atomic E-state index is 0.0525. The number of rotatable bonds is 4. The molecule has 1 aliphatic heterocycles. The average molecular weight is 342 g/mol. The molecule has 1 aromatic carbocycles. The number of benzene rings is 1. The van der Waals surface area contributed by atoms with E-state index in [0.717, 1.165) is 37.2 Å². The quantitative estimate of drug-likeness (QED) is 0.854. The van der Waals surface area contributed by atoms with E-state index in [1.807, 2.05) is 57.1 Å². The summed E-state index contributed by atoms with van der Waals surface area (Å²) in [6.07, 6.45) is 1.75. The number of nitrogens with zero attached hydrogens (tertiary/aromatic N) is 4. The third-order valence-electron chi connectivity index (χ3n) is 4.73. The zero-order chi connectivity index (χ0) is 18.0. The Morgan fingerprint density at radius 3 is 2.40 bits per heavy atom. The topological polar surface area (TPSA) is 62.5 Å². The number of carbonyl (C=O) groups is 1. The molecular weight excluding hydrogens is 316 g/mol. The molecule has 1 aromatic heterocycles. The van der Waals surface area contributed by atoms with Gasteiger partial charge in [-0.2, -0.15) is 4.98 Å². The van der Waals surface area contributed by atoms with Crippen LogP contribution >= 0.6 is 0 Å². The lowest BCUT2D eigenvalue weighted by Gasteiger charge is -2.31. The van der Waals surface area contributed by atoms with Crippen LogP contribution in [-0.2, 0) is 4.79 Å². The van der Waals surface area contributed by atoms with Crippen LogP contribution in [0.1, 0.15) is 38.5 Å². The minimum Gasteiger partial charge on any atom is -0.378 e. The molecule has 0 unspecified atom stereocenters. The second-order valence-corrected chi connectivity index (χ2v) is 7.15. The number of piperidine rings is 1. The Hall–Kier alpha value is -2.37. The van der Waals surface area contributed by atoms with Gasteiger partial charge in [0.2, 0.25) is 17.6 Å². The summed E-state index contributed by atoms with van der Waals surface area (Å²) in [5.41, 5.74) is 2.09. The Labute approximate surface area is 148 Å². The lowest BCUT2D eigenvalue weighted by atomic mass is 9.96. The summed E-state index contributed by atoms with van der Waals surface area (Å²) < 4.78 is 5.50. The molecule has 2 heterocycles. The Balaban J connectivity index is 1.65. The van der Waals surface area contributed by atoms with Gasteiger partial charge in [-0.15, -0.1) is 0 Å². The van der Waals surface area contributed by atoms with Gasteiger partial charge in [-0.25, -0.2) is 0 Å². The van der Waals surface area contributed by atoms with Gasteiger partial charge in [-0.05, 0) is 37.1 Å². The molecule has 0 radical (unpaired) electrons. The van der Waals surface area contributed by atoms with E-state index in [1.54, 1.807) is 0 Å². The first-order valence-corrected chi connectivity index (χ1v) is 8.86. The predicted molar refractivity (Wildman–Crippen MR) is 97.5 cm³/mol. The van der Waals surface area contributed by atoms with Gasteiger partial charge in [-0.3, -0.25) is 4.79 Å². The van der Waals surface area contributed by atoms with Crippen LogP contribution in [0.2, 0.25) is 0 Å². The molecule has 1 saturated heterocycles. The number of hydrogen-bond donors (Lipinski definition) is 0. The van der Waals surface area contributed by atoms with Gasteiger partial charge in [0.25, 0.3) is 0 Å². The van der Waals surface area contributed by atoms with Gasteiger partial charge in [-0.1, -0.05) is 19.0 Å². The molecule has 2 aromatic rings. The first kappa shape index (κ1) is 17.5. The SMILES string of the molecule is CC(C)C(=O)N1CCC(c2nc(-c3ccc(N(C)C)cc3)no2)CC1. The maximum Gasteiger partial charge on any atom is 0.230 e. The highest BCUT2D eigenvalue weighted by Gasteiger charge is 2.28. The molecule has 1 aliphatic rings. The van der Waals surface area contributed by atoms with Crippen molar-refractivity contribution in [2.24, 2.45) is 5.92 Å². The normalized spacial score (nSPS) is 15.6. The molecule has 0 bridgehead atoms. The fraction of sp³-hybridized carbons (Fsp3) is 0.526. The lowest BCUT2D eigenvalue weighted by Crippen LogP contribution is -2.40. The molecule has 6 heteroatoms. The first-order valence-electron chi connectivity index (χ1n) is 8.86. The van der Waals surface area contributed by atoms with Crippen LogP contribution in [0.5, 0.6) is 0 Å². The maximum atomic E-state index is 12.1. The van der Waals surface area contributed by atoms with Gasteiger partial charge in [0.05, 0.1) is 0 Å². The highest BCUT2D eigenvalue weighted by atomic mass is 16.5. The molecule has 6 nitrogen and oxygen atoms in total. The van der Waals surface area contributed by atoms with E-state index in [1.165, 1.54) is 0 Å². The second kappa shape index (κ2) is 7.25. The van der Waals surface area contributed by atoms with Crippen molar-refractivity contribution >= 4 is 11.6 Å². The molecule has 0 N–H and O–H groups in total. The van der Waals surface area contributed by atoms with E-state index >= 15 is 0 Å². The summed E-state index contributed by atoms with van der Waals surface area (Å²) in [5.74, 6) is 1.82. The summed E-state index contributed by atoms with van der Waals surface area (Å²) in [4.78, 5) is 20.7. The van der Waals surface area contributed by atoms with Crippen LogP contribution in [0.4, 0.5) is 5.69 Å². The van der Waals surface area contributed by atoms with E-state index in [-0.39, 0.29) is 17.7 Å². The van der Waals surface area contributed by atoms with Crippen molar-refractivity contribution < 1.29 is 9.32 Å². The number of carbonyl (C=O) groups excluding carboxylic acids is 1. The zero-order valence-electron chi connectivity index (χ0n) is 15.4. The first-order chi connectivity index (χ1) is 12.0. The average Bonchev–Trinajstić information content (AvgIpc) is 3.11. The Morgan fingerprint density at radius 2 is 1.84 bits per heavy atom. The summed E-state index contributed by atoms with van der Waals surface area (Å²) in [5, 5.41) is 4.14. The molecule has 0 spiro atoms. The third kappa shape index (κ3) is 3.83. The number of aromatic nitrogens is 2. The molecule has 1 amide bonds. The summed E-state index contributed by atoms with van der Waals surface area (Å²) in [6.45, 7) is 5.41. The van der Waals surface area contributed by atoms with Crippen LogP contribution < -0.4 is 4.90 Å². The van der Waals surface area contributed by atoms with Crippen LogP contribution in [0.15, 0.2) is 28.8 Å². The van der Waals surface area contributed by atoms with Crippen molar-refractivity contribution in [2.75, 3.05) is 32.1 Å². The van der Waals surface area contributed by atoms with Crippen molar-refractivity contribution in [3.63, 3.8) is 0 Å². The van der Waals surface area contributed by atoms with Gasteiger partial charge in [0.15, 0.2) is 0 Å². The Morgan fingerprint density at radius 1 is 1.20 bits per heavy atom. The molecule has 0 atom stereocenters. The van der Waals surface area contributed by atoms with E-state index < -0.39 is 0 Å². The predicted octanol–water partition coefficient (Wildman–Crippen LogP) is 3.16. The molecule has 1 fully saturated rings. The van der Waals surface area contributed by atoms with E-state index in [9.17, 15) is 4.79 Å². The Bertz CT molecular complexity index is 713. The number of amides is 1. The molecule has 134 valence electrons. The summed E-state index contributed by atoms with van der Waals surface area (Å²) in [7, 11) is 4.02. The smallest absolute Gasteiger partial charge is 0.230 e. The third-order valence-corrected chi connectivity index (χ3v) is 4.73. The maximum absolute atomic E-state index is 12.1. The van der Waals surface area contributed by atoms with Crippen molar-refractivity contribution in [2.45, 2.75) is 32.6 Å². The highest BCUT2D eigenvalue weighted by molar-refractivity contribution is 5.78. The standard InChI is InChI=1S/C19H26N4O2/c1-13(2)19(24)23-11-9-15(10-12-23)18-20-17(21-25-18)14-5-7-16(8-6-14)22(3)4/h5-8,13,15H,9-12H2,1-4H3. The fourth-order valence-corrected chi connectivity index (χ4v) is 3.14. The Kier molecular flexibility index (Phi) is 5.06. The molecule has 25 heavy (non-hydrogen) atoms. The number of anilines is 1. The minimum absolute atomic E-state index is 0.0525. The molecule has 0 aliphatic carbocycles. The van der Waals surface area contributed by atoms with Gasteiger partial charge >= 0.3 is 0 Å². The summed E-state index contributed by atoms with van der Waals surface area (Å²) >= 11 is 0. The monoisotopic (exact) mass is 342 g/mol. The fourth-order valence-electron chi connectivity index (χ4n) is 3.14. The molecule has 0 saturated carbocycles. The van der Waals surface area contributed by atoms with Crippen LogP contribution in [0.3, 0.4) is 0 Å². The van der Waals surface area contributed by atoms with E-state index in [4.69, 9.17) is 4.52 Å². The van der Waals surface area contributed by atoms with Crippen molar-refractivity contribution in [1.29, 1.82) is 0 Å². The number of likely N-dealkylation sites (tertiary alicyclic amines) is 1.